The summed E-state index contributed by atoms with van der Waals surface area (Å²) in [5.41, 5.74) is 5.28. The minimum atomic E-state index is 0.668. The highest BCUT2D eigenvalue weighted by Crippen LogP contribution is 2.37. The minimum absolute atomic E-state index is 0.668. The summed E-state index contributed by atoms with van der Waals surface area (Å²) in [4.78, 5) is 0. The zero-order valence-corrected chi connectivity index (χ0v) is 16.4. The van der Waals surface area contributed by atoms with Gasteiger partial charge in [-0.15, -0.1) is 13.2 Å². The number of hydrogen-bond donors (Lipinski definition) is 0. The van der Waals surface area contributed by atoms with Gasteiger partial charge in [0.25, 0.3) is 0 Å². The molecule has 142 valence electrons. The number of ether oxygens (including phenoxy) is 1. The highest BCUT2D eigenvalue weighted by Gasteiger charge is 2.21. The molecule has 0 atom stereocenters. The Balaban J connectivity index is 1.55. The van der Waals surface area contributed by atoms with Gasteiger partial charge in [-0.3, -0.25) is 0 Å². The topological polar surface area (TPSA) is 9.23 Å². The van der Waals surface area contributed by atoms with Crippen molar-refractivity contribution in [2.24, 2.45) is 5.92 Å². The summed E-state index contributed by atoms with van der Waals surface area (Å²) in [6, 6.07) is 17.9. The summed E-state index contributed by atoms with van der Waals surface area (Å²) in [6.45, 7) is 9.01. The van der Waals surface area contributed by atoms with Gasteiger partial charge in [-0.05, 0) is 72.6 Å². The molecule has 0 heterocycles. The quantitative estimate of drug-likeness (QED) is 0.337. The molecular weight excluding hydrogens is 328 g/mol. The molecule has 0 bridgehead atoms. The highest BCUT2D eigenvalue weighted by atomic mass is 16.5. The minimum Gasteiger partial charge on any atom is -0.376 e. The molecule has 1 fully saturated rings. The van der Waals surface area contributed by atoms with E-state index in [4.69, 9.17) is 4.74 Å². The Morgan fingerprint density at radius 3 is 2.04 bits per heavy atom. The maximum Gasteiger partial charge on any atom is 0.0717 e. The molecule has 1 aliphatic carbocycles. The van der Waals surface area contributed by atoms with E-state index < -0.39 is 0 Å². The van der Waals surface area contributed by atoms with Crippen LogP contribution >= 0.6 is 0 Å². The molecule has 0 spiro atoms. The van der Waals surface area contributed by atoms with Crippen LogP contribution in [0.15, 0.2) is 73.8 Å². The van der Waals surface area contributed by atoms with Gasteiger partial charge in [0.15, 0.2) is 0 Å². The predicted octanol–water partition coefficient (Wildman–Crippen LogP) is 7.30. The van der Waals surface area contributed by atoms with E-state index >= 15 is 0 Å². The Morgan fingerprint density at radius 1 is 0.815 bits per heavy atom. The molecule has 0 aliphatic heterocycles. The zero-order chi connectivity index (χ0) is 18.9. The summed E-state index contributed by atoms with van der Waals surface area (Å²) >= 11 is 0. The molecular formula is C26H32O. The standard InChI is InChI=1S/C26H32O/c1-3-5-19-27-20-22-9-13-24(14-10-22)26-17-15-25(16-18-26)23-11-7-21(6-4-2)8-12-23/h3-4,9-10,13-18,21,23H,1-2,5-8,11-12,19-20H2. The fourth-order valence-electron chi connectivity index (χ4n) is 4.07. The van der Waals surface area contributed by atoms with Crippen LogP contribution in [-0.4, -0.2) is 6.61 Å². The molecule has 0 unspecified atom stereocenters. The third kappa shape index (κ3) is 5.68. The number of benzene rings is 2. The van der Waals surface area contributed by atoms with Gasteiger partial charge >= 0.3 is 0 Å². The largest absolute Gasteiger partial charge is 0.376 e. The van der Waals surface area contributed by atoms with E-state index in [-0.39, 0.29) is 0 Å². The summed E-state index contributed by atoms with van der Waals surface area (Å²) in [6.07, 6.45) is 11.4. The molecule has 1 aliphatic rings. The van der Waals surface area contributed by atoms with Crippen molar-refractivity contribution >= 4 is 0 Å². The molecule has 1 saturated carbocycles. The van der Waals surface area contributed by atoms with Crippen molar-refractivity contribution in [3.05, 3.63) is 85.0 Å². The number of allylic oxidation sites excluding steroid dienone is 1. The lowest BCUT2D eigenvalue weighted by Crippen LogP contribution is -2.12. The van der Waals surface area contributed by atoms with Crippen LogP contribution in [-0.2, 0) is 11.3 Å². The van der Waals surface area contributed by atoms with Crippen LogP contribution in [0.2, 0.25) is 0 Å². The first-order valence-electron chi connectivity index (χ1n) is 10.3. The molecule has 0 amide bonds. The molecule has 0 aromatic heterocycles. The third-order valence-corrected chi connectivity index (χ3v) is 5.75. The molecule has 27 heavy (non-hydrogen) atoms. The SMILES string of the molecule is C=CCCOCc1ccc(-c2ccc(C3CCC(CC=C)CC3)cc2)cc1. The number of hydrogen-bond acceptors (Lipinski definition) is 1. The summed E-state index contributed by atoms with van der Waals surface area (Å²) in [5, 5.41) is 0. The van der Waals surface area contributed by atoms with Gasteiger partial charge in [-0.1, -0.05) is 60.7 Å². The van der Waals surface area contributed by atoms with Crippen molar-refractivity contribution in [3.63, 3.8) is 0 Å². The van der Waals surface area contributed by atoms with Crippen molar-refractivity contribution < 1.29 is 4.74 Å². The second-order valence-corrected chi connectivity index (χ2v) is 7.69. The molecule has 1 heteroatoms. The second kappa shape index (κ2) is 10.3. The van der Waals surface area contributed by atoms with E-state index in [0.717, 1.165) is 24.9 Å². The third-order valence-electron chi connectivity index (χ3n) is 5.75. The first-order chi connectivity index (χ1) is 13.3. The first kappa shape index (κ1) is 19.6. The van der Waals surface area contributed by atoms with E-state index in [1.807, 2.05) is 6.08 Å². The van der Waals surface area contributed by atoms with Crippen molar-refractivity contribution in [2.75, 3.05) is 6.61 Å². The average Bonchev–Trinajstić information content (AvgIpc) is 2.73. The van der Waals surface area contributed by atoms with Gasteiger partial charge in [0.05, 0.1) is 13.2 Å². The summed E-state index contributed by atoms with van der Waals surface area (Å²) in [7, 11) is 0. The Hall–Kier alpha value is -2.12. The van der Waals surface area contributed by atoms with Gasteiger partial charge in [0.1, 0.15) is 0 Å². The smallest absolute Gasteiger partial charge is 0.0717 e. The molecule has 3 rings (SSSR count). The highest BCUT2D eigenvalue weighted by molar-refractivity contribution is 5.64. The van der Waals surface area contributed by atoms with Gasteiger partial charge < -0.3 is 4.74 Å². The van der Waals surface area contributed by atoms with Gasteiger partial charge in [-0.25, -0.2) is 0 Å². The van der Waals surface area contributed by atoms with E-state index in [1.165, 1.54) is 54.4 Å². The maximum absolute atomic E-state index is 5.63. The maximum atomic E-state index is 5.63. The Morgan fingerprint density at radius 2 is 1.44 bits per heavy atom. The van der Waals surface area contributed by atoms with Crippen LogP contribution in [0.5, 0.6) is 0 Å². The molecule has 1 nitrogen and oxygen atoms in total. The fraction of sp³-hybridized carbons (Fsp3) is 0.385. The van der Waals surface area contributed by atoms with E-state index in [9.17, 15) is 0 Å². The van der Waals surface area contributed by atoms with Crippen LogP contribution in [0.4, 0.5) is 0 Å². The summed E-state index contributed by atoms with van der Waals surface area (Å²) < 4.78 is 5.63. The van der Waals surface area contributed by atoms with Gasteiger partial charge in [-0.2, -0.15) is 0 Å². The molecule has 0 saturated heterocycles. The van der Waals surface area contributed by atoms with E-state index in [1.54, 1.807) is 0 Å². The molecule has 0 radical (unpaired) electrons. The fourth-order valence-corrected chi connectivity index (χ4v) is 4.07. The van der Waals surface area contributed by atoms with Crippen molar-refractivity contribution in [1.82, 2.24) is 0 Å². The Labute approximate surface area is 164 Å². The van der Waals surface area contributed by atoms with Crippen LogP contribution in [0.25, 0.3) is 11.1 Å². The monoisotopic (exact) mass is 360 g/mol. The number of rotatable bonds is 9. The lowest BCUT2D eigenvalue weighted by atomic mass is 9.77. The second-order valence-electron chi connectivity index (χ2n) is 7.69. The lowest BCUT2D eigenvalue weighted by molar-refractivity contribution is 0.125. The predicted molar refractivity (Wildman–Crippen MR) is 116 cm³/mol. The summed E-state index contributed by atoms with van der Waals surface area (Å²) in [5.74, 6) is 1.59. The van der Waals surface area contributed by atoms with E-state index in [0.29, 0.717) is 6.61 Å². The van der Waals surface area contributed by atoms with Gasteiger partial charge in [0.2, 0.25) is 0 Å². The van der Waals surface area contributed by atoms with Crippen molar-refractivity contribution in [3.8, 4) is 11.1 Å². The normalized spacial score (nSPS) is 19.6. The van der Waals surface area contributed by atoms with Crippen LogP contribution in [0, 0.1) is 5.92 Å². The first-order valence-corrected chi connectivity index (χ1v) is 10.3. The Bertz CT molecular complexity index is 703. The molecule has 2 aromatic rings. The zero-order valence-electron chi connectivity index (χ0n) is 16.4. The molecule has 0 N–H and O–H groups in total. The van der Waals surface area contributed by atoms with Gasteiger partial charge in [0, 0.05) is 0 Å². The van der Waals surface area contributed by atoms with Crippen LogP contribution in [0.3, 0.4) is 0 Å². The van der Waals surface area contributed by atoms with Crippen LogP contribution in [0.1, 0.15) is 55.6 Å². The van der Waals surface area contributed by atoms with Crippen LogP contribution < -0.4 is 0 Å². The molecule has 2 aromatic carbocycles. The van der Waals surface area contributed by atoms with E-state index in [2.05, 4.69) is 67.8 Å². The average molecular weight is 361 g/mol. The van der Waals surface area contributed by atoms with Crippen molar-refractivity contribution in [2.45, 2.75) is 51.0 Å². The lowest BCUT2D eigenvalue weighted by Gasteiger charge is -2.28. The Kier molecular flexibility index (Phi) is 7.47. The van der Waals surface area contributed by atoms with Crippen molar-refractivity contribution in [1.29, 1.82) is 0 Å².